The molecular formula is C14H18N4O2. The van der Waals surface area contributed by atoms with Crippen molar-refractivity contribution in [3.8, 4) is 5.75 Å². The van der Waals surface area contributed by atoms with Crippen LogP contribution in [0.3, 0.4) is 0 Å². The number of nitrogens with two attached hydrogens (primary N) is 1. The second-order valence-corrected chi connectivity index (χ2v) is 4.44. The molecule has 0 aliphatic carbocycles. The van der Waals surface area contributed by atoms with Crippen molar-refractivity contribution < 1.29 is 9.53 Å². The van der Waals surface area contributed by atoms with Gasteiger partial charge in [-0.05, 0) is 25.1 Å². The van der Waals surface area contributed by atoms with E-state index in [9.17, 15) is 4.79 Å². The van der Waals surface area contributed by atoms with Crippen LogP contribution in [0.2, 0.25) is 0 Å². The number of aromatic nitrogens is 2. The van der Waals surface area contributed by atoms with Crippen LogP contribution < -0.4 is 15.8 Å². The van der Waals surface area contributed by atoms with Gasteiger partial charge in [0.2, 0.25) is 5.91 Å². The van der Waals surface area contributed by atoms with E-state index in [4.69, 9.17) is 10.5 Å². The fourth-order valence-electron chi connectivity index (χ4n) is 1.79. The monoisotopic (exact) mass is 274 g/mol. The molecule has 0 aliphatic heterocycles. The van der Waals surface area contributed by atoms with Crippen molar-refractivity contribution in [1.82, 2.24) is 10.2 Å². The zero-order valence-electron chi connectivity index (χ0n) is 11.3. The van der Waals surface area contributed by atoms with Gasteiger partial charge in [0.1, 0.15) is 5.75 Å². The molecule has 2 aromatic rings. The average Bonchev–Trinajstić information content (AvgIpc) is 2.94. The molecule has 1 amide bonds. The molecule has 0 bridgehead atoms. The summed E-state index contributed by atoms with van der Waals surface area (Å²) in [5, 5.41) is 10.2. The number of primary amides is 1. The molecule has 0 aliphatic rings. The minimum atomic E-state index is -0.374. The maximum absolute atomic E-state index is 10.7. The maximum Gasteiger partial charge on any atom is 0.220 e. The Morgan fingerprint density at radius 2 is 2.25 bits per heavy atom. The van der Waals surface area contributed by atoms with E-state index in [0.717, 1.165) is 11.4 Å². The summed E-state index contributed by atoms with van der Waals surface area (Å²) >= 11 is 0. The summed E-state index contributed by atoms with van der Waals surface area (Å²) in [6.45, 7) is 2.29. The standard InChI is InChI=1S/C14H18N4O2/c1-10(11-6-8-16-18-11)17-12-4-2-3-5-13(12)20-9-7-14(15)19/h2-6,8,10,17H,7,9H2,1H3,(H2,15,19)(H,16,18). The van der Waals surface area contributed by atoms with Gasteiger partial charge in [-0.25, -0.2) is 0 Å². The lowest BCUT2D eigenvalue weighted by Crippen LogP contribution is -2.15. The minimum absolute atomic E-state index is 0.0680. The molecule has 1 unspecified atom stereocenters. The predicted octanol–water partition coefficient (Wildman–Crippen LogP) is 1.84. The number of anilines is 1. The van der Waals surface area contributed by atoms with Gasteiger partial charge in [-0.1, -0.05) is 12.1 Å². The number of benzene rings is 1. The van der Waals surface area contributed by atoms with Crippen molar-refractivity contribution in [1.29, 1.82) is 0 Å². The van der Waals surface area contributed by atoms with Gasteiger partial charge in [0.15, 0.2) is 0 Å². The summed E-state index contributed by atoms with van der Waals surface area (Å²) in [5.41, 5.74) is 6.94. The highest BCUT2D eigenvalue weighted by atomic mass is 16.5. The van der Waals surface area contributed by atoms with Gasteiger partial charge in [0.25, 0.3) is 0 Å². The Kier molecular flexibility index (Phi) is 4.60. The van der Waals surface area contributed by atoms with Gasteiger partial charge >= 0.3 is 0 Å². The number of carbonyl (C=O) groups is 1. The summed E-state index contributed by atoms with van der Waals surface area (Å²) in [7, 11) is 0. The zero-order valence-corrected chi connectivity index (χ0v) is 11.3. The third-order valence-electron chi connectivity index (χ3n) is 2.85. The molecular weight excluding hydrogens is 256 g/mol. The Hall–Kier alpha value is -2.50. The van der Waals surface area contributed by atoms with Crippen LogP contribution in [0.25, 0.3) is 0 Å². The van der Waals surface area contributed by atoms with E-state index in [1.165, 1.54) is 0 Å². The SMILES string of the molecule is CC(Nc1ccccc1OCCC(N)=O)c1ccn[nH]1. The van der Waals surface area contributed by atoms with Gasteiger partial charge in [-0.3, -0.25) is 9.89 Å². The minimum Gasteiger partial charge on any atom is -0.491 e. The number of para-hydroxylation sites is 2. The molecule has 20 heavy (non-hydrogen) atoms. The van der Waals surface area contributed by atoms with Crippen molar-refractivity contribution in [3.05, 3.63) is 42.2 Å². The van der Waals surface area contributed by atoms with E-state index in [1.54, 1.807) is 6.20 Å². The van der Waals surface area contributed by atoms with Crippen molar-refractivity contribution in [2.75, 3.05) is 11.9 Å². The number of ether oxygens (including phenoxy) is 1. The molecule has 4 N–H and O–H groups in total. The lowest BCUT2D eigenvalue weighted by molar-refractivity contribution is -0.118. The molecule has 0 spiro atoms. The highest BCUT2D eigenvalue weighted by Crippen LogP contribution is 2.27. The van der Waals surface area contributed by atoms with E-state index in [1.807, 2.05) is 37.3 Å². The average molecular weight is 274 g/mol. The van der Waals surface area contributed by atoms with Crippen LogP contribution in [0.4, 0.5) is 5.69 Å². The quantitative estimate of drug-likeness (QED) is 0.718. The Morgan fingerprint density at radius 1 is 1.45 bits per heavy atom. The van der Waals surface area contributed by atoms with E-state index >= 15 is 0 Å². The van der Waals surface area contributed by atoms with Crippen molar-refractivity contribution >= 4 is 11.6 Å². The molecule has 2 rings (SSSR count). The Morgan fingerprint density at radius 3 is 2.95 bits per heavy atom. The van der Waals surface area contributed by atoms with Crippen LogP contribution in [0.1, 0.15) is 25.1 Å². The molecule has 1 atom stereocenters. The maximum atomic E-state index is 10.7. The molecule has 0 saturated carbocycles. The first kappa shape index (κ1) is 13.9. The van der Waals surface area contributed by atoms with Gasteiger partial charge in [0.05, 0.1) is 30.5 Å². The van der Waals surface area contributed by atoms with Crippen LogP contribution in [-0.4, -0.2) is 22.7 Å². The number of rotatable bonds is 7. The number of amides is 1. The number of aromatic amines is 1. The zero-order chi connectivity index (χ0) is 14.4. The first-order valence-electron chi connectivity index (χ1n) is 6.43. The number of H-pyrrole nitrogens is 1. The molecule has 0 radical (unpaired) electrons. The fourth-order valence-corrected chi connectivity index (χ4v) is 1.79. The van der Waals surface area contributed by atoms with E-state index in [0.29, 0.717) is 5.75 Å². The first-order valence-corrected chi connectivity index (χ1v) is 6.43. The Balaban J connectivity index is 2.02. The first-order chi connectivity index (χ1) is 9.66. The van der Waals surface area contributed by atoms with Gasteiger partial charge in [-0.2, -0.15) is 5.10 Å². The third-order valence-corrected chi connectivity index (χ3v) is 2.85. The number of nitrogens with zero attached hydrogens (tertiary/aromatic N) is 1. The van der Waals surface area contributed by atoms with Crippen molar-refractivity contribution in [3.63, 3.8) is 0 Å². The molecule has 106 valence electrons. The smallest absolute Gasteiger partial charge is 0.220 e. The molecule has 0 fully saturated rings. The van der Waals surface area contributed by atoms with Gasteiger partial charge < -0.3 is 15.8 Å². The van der Waals surface area contributed by atoms with Gasteiger partial charge in [0, 0.05) is 6.20 Å². The summed E-state index contributed by atoms with van der Waals surface area (Å²) in [6.07, 6.45) is 1.91. The molecule has 6 nitrogen and oxygen atoms in total. The highest BCUT2D eigenvalue weighted by molar-refractivity contribution is 5.73. The van der Waals surface area contributed by atoms with Crippen LogP contribution in [0.5, 0.6) is 5.75 Å². The lowest BCUT2D eigenvalue weighted by Gasteiger charge is -2.17. The van der Waals surface area contributed by atoms with E-state index in [-0.39, 0.29) is 25.0 Å². The molecule has 1 aromatic carbocycles. The second-order valence-electron chi connectivity index (χ2n) is 4.44. The second kappa shape index (κ2) is 6.60. The van der Waals surface area contributed by atoms with Crippen molar-refractivity contribution in [2.24, 2.45) is 5.73 Å². The van der Waals surface area contributed by atoms with Crippen LogP contribution in [-0.2, 0) is 4.79 Å². The largest absolute Gasteiger partial charge is 0.491 e. The highest BCUT2D eigenvalue weighted by Gasteiger charge is 2.10. The van der Waals surface area contributed by atoms with Crippen molar-refractivity contribution in [2.45, 2.75) is 19.4 Å². The van der Waals surface area contributed by atoms with Crippen LogP contribution >= 0.6 is 0 Å². The fraction of sp³-hybridized carbons (Fsp3) is 0.286. The predicted molar refractivity (Wildman–Crippen MR) is 76.4 cm³/mol. The van der Waals surface area contributed by atoms with Gasteiger partial charge in [-0.15, -0.1) is 0 Å². The normalized spacial score (nSPS) is 11.8. The van der Waals surface area contributed by atoms with E-state index < -0.39 is 0 Å². The molecule has 1 heterocycles. The number of hydrogen-bond acceptors (Lipinski definition) is 4. The Labute approximate surface area is 117 Å². The lowest BCUT2D eigenvalue weighted by atomic mass is 10.2. The molecule has 0 saturated heterocycles. The topological polar surface area (TPSA) is 93.0 Å². The third kappa shape index (κ3) is 3.74. The number of nitrogens with one attached hydrogen (secondary N) is 2. The summed E-state index contributed by atoms with van der Waals surface area (Å²) in [5.74, 6) is 0.321. The molecule has 1 aromatic heterocycles. The summed E-state index contributed by atoms with van der Waals surface area (Å²) in [4.78, 5) is 10.7. The summed E-state index contributed by atoms with van der Waals surface area (Å²) in [6, 6.07) is 9.55. The number of hydrogen-bond donors (Lipinski definition) is 3. The van der Waals surface area contributed by atoms with E-state index in [2.05, 4.69) is 15.5 Å². The molecule has 6 heteroatoms. The summed E-state index contributed by atoms with van der Waals surface area (Å²) < 4.78 is 5.58. The van der Waals surface area contributed by atoms with Crippen LogP contribution in [0.15, 0.2) is 36.5 Å². The van der Waals surface area contributed by atoms with Crippen LogP contribution in [0, 0.1) is 0 Å². The Bertz CT molecular complexity index is 554. The number of carbonyl (C=O) groups excluding carboxylic acids is 1.